The SMILES string of the molecule is O=C(Nc1ccc(Cl)cc1)[C@H]1[C@H]2C[C@@H]3[C@@H]1C(=O)O[C@H]3C2. The van der Waals surface area contributed by atoms with Gasteiger partial charge in [-0.05, 0) is 43.0 Å². The molecule has 5 atom stereocenters. The van der Waals surface area contributed by atoms with Gasteiger partial charge in [-0.2, -0.15) is 0 Å². The number of fused-ring (bicyclic) bond motifs is 1. The summed E-state index contributed by atoms with van der Waals surface area (Å²) in [4.78, 5) is 24.4. The quantitative estimate of drug-likeness (QED) is 0.852. The van der Waals surface area contributed by atoms with Gasteiger partial charge in [-0.25, -0.2) is 0 Å². The van der Waals surface area contributed by atoms with Crippen LogP contribution in [0.4, 0.5) is 5.69 Å². The molecular formula is C15H14ClNO3. The Morgan fingerprint density at radius 3 is 2.75 bits per heavy atom. The Balaban J connectivity index is 1.54. The molecule has 4 rings (SSSR count). The summed E-state index contributed by atoms with van der Waals surface area (Å²) in [6, 6.07) is 7.00. The molecule has 1 amide bonds. The van der Waals surface area contributed by atoms with Crippen molar-refractivity contribution in [3.05, 3.63) is 29.3 Å². The van der Waals surface area contributed by atoms with Crippen molar-refractivity contribution in [1.82, 2.24) is 0 Å². The first kappa shape index (κ1) is 12.2. The maximum Gasteiger partial charge on any atom is 0.310 e. The minimum absolute atomic E-state index is 0.0667. The van der Waals surface area contributed by atoms with Crippen LogP contribution >= 0.6 is 11.6 Å². The first-order valence-corrected chi connectivity index (χ1v) is 7.28. The van der Waals surface area contributed by atoms with Gasteiger partial charge in [0.05, 0.1) is 11.8 Å². The molecule has 1 aromatic carbocycles. The summed E-state index contributed by atoms with van der Waals surface area (Å²) in [5.41, 5.74) is 0.713. The fraction of sp³-hybridized carbons (Fsp3) is 0.467. The van der Waals surface area contributed by atoms with Crippen LogP contribution in [0.15, 0.2) is 24.3 Å². The van der Waals surface area contributed by atoms with E-state index >= 15 is 0 Å². The second-order valence-electron chi connectivity index (χ2n) is 5.92. The van der Waals surface area contributed by atoms with Crippen LogP contribution in [0.5, 0.6) is 0 Å². The van der Waals surface area contributed by atoms with Gasteiger partial charge in [0.25, 0.3) is 0 Å². The number of nitrogens with one attached hydrogen (secondary N) is 1. The maximum absolute atomic E-state index is 12.5. The van der Waals surface area contributed by atoms with Crippen molar-refractivity contribution >= 4 is 29.2 Å². The van der Waals surface area contributed by atoms with E-state index in [0.717, 1.165) is 12.8 Å². The van der Waals surface area contributed by atoms with E-state index in [-0.39, 0.29) is 41.7 Å². The molecule has 0 unspecified atom stereocenters. The molecule has 1 N–H and O–H groups in total. The summed E-state index contributed by atoms with van der Waals surface area (Å²) in [6.07, 6.45) is 1.85. The third-order valence-corrected chi connectivity index (χ3v) is 5.15. The molecule has 3 fully saturated rings. The largest absolute Gasteiger partial charge is 0.462 e. The molecule has 3 aliphatic rings. The predicted octanol–water partition coefficient (Wildman–Crippen LogP) is 2.48. The molecule has 4 nitrogen and oxygen atoms in total. The Bertz CT molecular complexity index is 583. The number of carbonyl (C=O) groups is 2. The fourth-order valence-corrected chi connectivity index (χ4v) is 4.25. The minimum Gasteiger partial charge on any atom is -0.462 e. The van der Waals surface area contributed by atoms with Crippen molar-refractivity contribution in [2.24, 2.45) is 23.7 Å². The molecule has 1 saturated heterocycles. The van der Waals surface area contributed by atoms with E-state index in [2.05, 4.69) is 5.32 Å². The van der Waals surface area contributed by atoms with Crippen molar-refractivity contribution < 1.29 is 14.3 Å². The number of hydrogen-bond acceptors (Lipinski definition) is 3. The molecule has 1 aliphatic heterocycles. The van der Waals surface area contributed by atoms with Gasteiger partial charge >= 0.3 is 5.97 Å². The van der Waals surface area contributed by atoms with Gasteiger partial charge in [0.2, 0.25) is 5.91 Å². The first-order chi connectivity index (χ1) is 9.63. The van der Waals surface area contributed by atoms with Crippen LogP contribution < -0.4 is 5.32 Å². The molecule has 20 heavy (non-hydrogen) atoms. The highest BCUT2D eigenvalue weighted by Crippen LogP contribution is 2.57. The average molecular weight is 292 g/mol. The summed E-state index contributed by atoms with van der Waals surface area (Å²) < 4.78 is 5.35. The number of anilines is 1. The Hall–Kier alpha value is -1.55. The number of hydrogen-bond donors (Lipinski definition) is 1. The monoisotopic (exact) mass is 291 g/mol. The third kappa shape index (κ3) is 1.67. The number of amides is 1. The average Bonchev–Trinajstić information content (AvgIpc) is 3.02. The van der Waals surface area contributed by atoms with Gasteiger partial charge in [0, 0.05) is 16.6 Å². The van der Waals surface area contributed by atoms with Crippen LogP contribution in [-0.4, -0.2) is 18.0 Å². The maximum atomic E-state index is 12.5. The Labute approximate surface area is 121 Å². The summed E-state index contributed by atoms with van der Waals surface area (Å²) in [5, 5.41) is 3.52. The minimum atomic E-state index is -0.234. The Kier molecular flexibility index (Phi) is 2.58. The van der Waals surface area contributed by atoms with Crippen molar-refractivity contribution in [3.63, 3.8) is 0 Å². The molecule has 0 aromatic heterocycles. The van der Waals surface area contributed by atoms with Gasteiger partial charge in [0.1, 0.15) is 6.10 Å². The number of ether oxygens (including phenoxy) is 1. The molecule has 104 valence electrons. The Morgan fingerprint density at radius 2 is 2.00 bits per heavy atom. The van der Waals surface area contributed by atoms with Crippen molar-refractivity contribution in [2.45, 2.75) is 18.9 Å². The van der Waals surface area contributed by atoms with Crippen LogP contribution in [-0.2, 0) is 14.3 Å². The highest BCUT2D eigenvalue weighted by Gasteiger charge is 2.63. The molecule has 1 aromatic rings. The molecule has 1 heterocycles. The highest BCUT2D eigenvalue weighted by atomic mass is 35.5. The van der Waals surface area contributed by atoms with Crippen molar-refractivity contribution in [3.8, 4) is 0 Å². The van der Waals surface area contributed by atoms with Gasteiger partial charge in [0.15, 0.2) is 0 Å². The normalized spacial score (nSPS) is 37.0. The number of esters is 1. The van der Waals surface area contributed by atoms with E-state index in [9.17, 15) is 9.59 Å². The molecule has 5 heteroatoms. The van der Waals surface area contributed by atoms with Crippen LogP contribution in [0.2, 0.25) is 5.02 Å². The van der Waals surface area contributed by atoms with E-state index < -0.39 is 0 Å². The smallest absolute Gasteiger partial charge is 0.310 e. The second-order valence-corrected chi connectivity index (χ2v) is 6.35. The molecule has 0 spiro atoms. The van der Waals surface area contributed by atoms with Crippen molar-refractivity contribution in [2.75, 3.05) is 5.32 Å². The molecule has 2 aliphatic carbocycles. The summed E-state index contributed by atoms with van der Waals surface area (Å²) >= 11 is 5.82. The summed E-state index contributed by atoms with van der Waals surface area (Å²) in [7, 11) is 0. The van der Waals surface area contributed by atoms with E-state index in [1.54, 1.807) is 24.3 Å². The number of benzene rings is 1. The summed E-state index contributed by atoms with van der Waals surface area (Å²) in [6.45, 7) is 0. The standard InChI is InChI=1S/C15H14ClNO3/c16-8-1-3-9(4-2-8)17-14(18)12-7-5-10-11(6-7)20-15(19)13(10)12/h1-4,7,10-13H,5-6H2,(H,17,18)/t7-,10-,11-,12-,13-/m0/s1. The number of rotatable bonds is 2. The lowest BCUT2D eigenvalue weighted by Gasteiger charge is -2.23. The summed E-state index contributed by atoms with van der Waals surface area (Å²) in [5.74, 6) is -0.173. The number of halogens is 1. The van der Waals surface area contributed by atoms with Crippen molar-refractivity contribution in [1.29, 1.82) is 0 Å². The zero-order valence-corrected chi connectivity index (χ0v) is 11.5. The first-order valence-electron chi connectivity index (χ1n) is 6.90. The Morgan fingerprint density at radius 1 is 1.25 bits per heavy atom. The fourth-order valence-electron chi connectivity index (χ4n) is 4.12. The third-order valence-electron chi connectivity index (χ3n) is 4.90. The highest BCUT2D eigenvalue weighted by molar-refractivity contribution is 6.30. The lowest BCUT2D eigenvalue weighted by molar-refractivity contribution is -0.145. The van der Waals surface area contributed by atoms with Crippen LogP contribution in [0.1, 0.15) is 12.8 Å². The molecule has 2 saturated carbocycles. The lowest BCUT2D eigenvalue weighted by Crippen LogP contribution is -2.35. The molecule has 0 radical (unpaired) electrons. The van der Waals surface area contributed by atoms with E-state index in [1.165, 1.54) is 0 Å². The van der Waals surface area contributed by atoms with Gasteiger partial charge < -0.3 is 10.1 Å². The second kappa shape index (κ2) is 4.22. The predicted molar refractivity (Wildman–Crippen MR) is 73.2 cm³/mol. The topological polar surface area (TPSA) is 55.4 Å². The zero-order chi connectivity index (χ0) is 13.9. The van der Waals surface area contributed by atoms with Crippen LogP contribution in [0, 0.1) is 23.7 Å². The molecular weight excluding hydrogens is 278 g/mol. The van der Waals surface area contributed by atoms with Crippen LogP contribution in [0.25, 0.3) is 0 Å². The van der Waals surface area contributed by atoms with Gasteiger partial charge in [-0.1, -0.05) is 11.6 Å². The zero-order valence-electron chi connectivity index (χ0n) is 10.7. The van der Waals surface area contributed by atoms with Crippen LogP contribution in [0.3, 0.4) is 0 Å². The van der Waals surface area contributed by atoms with Gasteiger partial charge in [-0.3, -0.25) is 9.59 Å². The van der Waals surface area contributed by atoms with E-state index in [0.29, 0.717) is 10.7 Å². The van der Waals surface area contributed by atoms with E-state index in [4.69, 9.17) is 16.3 Å². The lowest BCUT2D eigenvalue weighted by atomic mass is 9.79. The molecule has 2 bridgehead atoms. The van der Waals surface area contributed by atoms with E-state index in [1.807, 2.05) is 0 Å². The van der Waals surface area contributed by atoms with Gasteiger partial charge in [-0.15, -0.1) is 0 Å². The number of carbonyl (C=O) groups excluding carboxylic acids is 2.